The fourth-order valence-corrected chi connectivity index (χ4v) is 1.95. The van der Waals surface area contributed by atoms with Gasteiger partial charge in [0.2, 0.25) is 0 Å². The van der Waals surface area contributed by atoms with Crippen LogP contribution in [0.4, 0.5) is 0 Å². The molecule has 6 heteroatoms. The first-order valence-corrected chi connectivity index (χ1v) is 6.54. The minimum Gasteiger partial charge on any atom is -0.386 e. The first-order chi connectivity index (χ1) is 9.81. The fourth-order valence-electron chi connectivity index (χ4n) is 1.95. The van der Waals surface area contributed by atoms with Crippen molar-refractivity contribution in [1.82, 2.24) is 20.5 Å². The molecular weight excluding hydrogens is 254 g/mol. The number of nitrogens with zero attached hydrogens (tertiary/aromatic N) is 3. The molecule has 1 saturated heterocycles. The standard InChI is InChI=1S/C14H17N5O/c15-8-13(14(20)19-6-4-16-5-7-19)11-18-10-12-2-1-3-17-9-12/h1-3,9,11,16,18H,4-7,10H2/b13-11-. The highest BCUT2D eigenvalue weighted by molar-refractivity contribution is 5.97. The number of hydrogen-bond donors (Lipinski definition) is 2. The number of aromatic nitrogens is 1. The smallest absolute Gasteiger partial charge is 0.266 e. The normalized spacial score (nSPS) is 15.6. The van der Waals surface area contributed by atoms with Gasteiger partial charge in [-0.15, -0.1) is 0 Å². The van der Waals surface area contributed by atoms with Crippen LogP contribution in [0.3, 0.4) is 0 Å². The SMILES string of the molecule is N#C/C(=C/NCc1cccnc1)C(=O)N1CCNCC1. The van der Waals surface area contributed by atoms with Crippen molar-refractivity contribution in [3.05, 3.63) is 41.9 Å². The van der Waals surface area contributed by atoms with Crippen molar-refractivity contribution >= 4 is 5.91 Å². The van der Waals surface area contributed by atoms with Gasteiger partial charge in [0.15, 0.2) is 0 Å². The summed E-state index contributed by atoms with van der Waals surface area (Å²) in [6.07, 6.45) is 4.93. The van der Waals surface area contributed by atoms with Crippen LogP contribution in [0, 0.1) is 11.3 Å². The molecule has 2 N–H and O–H groups in total. The molecule has 6 nitrogen and oxygen atoms in total. The van der Waals surface area contributed by atoms with Crippen molar-refractivity contribution in [2.75, 3.05) is 26.2 Å². The molecule has 0 atom stereocenters. The number of amides is 1. The zero-order valence-corrected chi connectivity index (χ0v) is 11.2. The van der Waals surface area contributed by atoms with Gasteiger partial charge in [0.1, 0.15) is 11.6 Å². The molecule has 1 fully saturated rings. The van der Waals surface area contributed by atoms with E-state index in [1.807, 2.05) is 18.2 Å². The van der Waals surface area contributed by atoms with Crippen LogP contribution in [-0.2, 0) is 11.3 Å². The second kappa shape index (κ2) is 7.26. The monoisotopic (exact) mass is 271 g/mol. The number of pyridine rings is 1. The highest BCUT2D eigenvalue weighted by Crippen LogP contribution is 2.02. The van der Waals surface area contributed by atoms with Gasteiger partial charge in [-0.3, -0.25) is 9.78 Å². The van der Waals surface area contributed by atoms with E-state index >= 15 is 0 Å². The Labute approximate surface area is 118 Å². The molecule has 0 aromatic carbocycles. The Morgan fingerprint density at radius 2 is 2.35 bits per heavy atom. The van der Waals surface area contributed by atoms with Gasteiger partial charge in [-0.25, -0.2) is 0 Å². The number of carbonyl (C=O) groups is 1. The van der Waals surface area contributed by atoms with E-state index in [1.165, 1.54) is 6.20 Å². The number of nitriles is 1. The average molecular weight is 271 g/mol. The number of piperazine rings is 1. The Morgan fingerprint density at radius 3 is 3.00 bits per heavy atom. The lowest BCUT2D eigenvalue weighted by Gasteiger charge is -2.27. The molecule has 2 rings (SSSR count). The number of nitrogens with one attached hydrogen (secondary N) is 2. The second-order valence-electron chi connectivity index (χ2n) is 4.45. The molecule has 1 aromatic heterocycles. The molecule has 2 heterocycles. The fraction of sp³-hybridized carbons (Fsp3) is 0.357. The number of hydrogen-bond acceptors (Lipinski definition) is 5. The first-order valence-electron chi connectivity index (χ1n) is 6.54. The first kappa shape index (κ1) is 14.0. The van der Waals surface area contributed by atoms with Crippen LogP contribution in [-0.4, -0.2) is 42.0 Å². The van der Waals surface area contributed by atoms with E-state index < -0.39 is 0 Å². The van der Waals surface area contributed by atoms with E-state index in [0.29, 0.717) is 19.6 Å². The minimum absolute atomic E-state index is 0.135. The minimum atomic E-state index is -0.215. The highest BCUT2D eigenvalue weighted by Gasteiger charge is 2.19. The molecule has 0 aliphatic carbocycles. The van der Waals surface area contributed by atoms with Crippen LogP contribution in [0.15, 0.2) is 36.3 Å². The predicted molar refractivity (Wildman–Crippen MR) is 74.2 cm³/mol. The maximum atomic E-state index is 12.1. The summed E-state index contributed by atoms with van der Waals surface area (Å²) in [4.78, 5) is 17.8. The molecule has 0 bridgehead atoms. The lowest BCUT2D eigenvalue weighted by Crippen LogP contribution is -2.46. The Balaban J connectivity index is 1.92. The van der Waals surface area contributed by atoms with Crippen LogP contribution in [0.2, 0.25) is 0 Å². The van der Waals surface area contributed by atoms with Gasteiger partial charge in [0, 0.05) is 51.3 Å². The van der Waals surface area contributed by atoms with Gasteiger partial charge in [0.25, 0.3) is 5.91 Å². The zero-order chi connectivity index (χ0) is 14.2. The van der Waals surface area contributed by atoms with Gasteiger partial charge >= 0.3 is 0 Å². The quantitative estimate of drug-likeness (QED) is 0.595. The van der Waals surface area contributed by atoms with Crippen LogP contribution in [0.1, 0.15) is 5.56 Å². The van der Waals surface area contributed by atoms with E-state index in [0.717, 1.165) is 18.7 Å². The lowest BCUT2D eigenvalue weighted by molar-refractivity contribution is -0.127. The summed E-state index contributed by atoms with van der Waals surface area (Å²) in [7, 11) is 0. The molecule has 0 unspecified atom stereocenters. The molecule has 1 aromatic rings. The topological polar surface area (TPSA) is 81.0 Å². The lowest BCUT2D eigenvalue weighted by atomic mass is 10.2. The number of carbonyl (C=O) groups excluding carboxylic acids is 1. The van der Waals surface area contributed by atoms with Gasteiger partial charge < -0.3 is 15.5 Å². The molecule has 20 heavy (non-hydrogen) atoms. The van der Waals surface area contributed by atoms with Crippen LogP contribution < -0.4 is 10.6 Å². The molecule has 1 aliphatic rings. The molecule has 0 spiro atoms. The van der Waals surface area contributed by atoms with Crippen LogP contribution in [0.5, 0.6) is 0 Å². The third-order valence-electron chi connectivity index (χ3n) is 3.03. The molecule has 104 valence electrons. The van der Waals surface area contributed by atoms with Gasteiger partial charge in [-0.2, -0.15) is 5.26 Å². The van der Waals surface area contributed by atoms with E-state index in [2.05, 4.69) is 15.6 Å². The van der Waals surface area contributed by atoms with Gasteiger partial charge in [-0.05, 0) is 11.6 Å². The molecule has 0 saturated carbocycles. The third-order valence-corrected chi connectivity index (χ3v) is 3.03. The number of rotatable bonds is 4. The largest absolute Gasteiger partial charge is 0.386 e. The summed E-state index contributed by atoms with van der Waals surface area (Å²) in [6, 6.07) is 5.73. The Morgan fingerprint density at radius 1 is 1.55 bits per heavy atom. The summed E-state index contributed by atoms with van der Waals surface area (Å²) in [5.41, 5.74) is 1.13. The molecule has 1 amide bonds. The summed E-state index contributed by atoms with van der Waals surface area (Å²) < 4.78 is 0. The van der Waals surface area contributed by atoms with Crippen molar-refractivity contribution in [3.8, 4) is 6.07 Å². The third kappa shape index (κ3) is 3.80. The summed E-state index contributed by atoms with van der Waals surface area (Å²) in [6.45, 7) is 3.36. The maximum absolute atomic E-state index is 12.1. The summed E-state index contributed by atoms with van der Waals surface area (Å²) in [5, 5.41) is 15.2. The van der Waals surface area contributed by atoms with E-state index in [4.69, 9.17) is 5.26 Å². The Hall–Kier alpha value is -2.39. The molecular formula is C14H17N5O. The summed E-state index contributed by atoms with van der Waals surface area (Å²) in [5.74, 6) is -0.215. The second-order valence-corrected chi connectivity index (χ2v) is 4.45. The van der Waals surface area contributed by atoms with Crippen molar-refractivity contribution in [1.29, 1.82) is 5.26 Å². The van der Waals surface area contributed by atoms with Gasteiger partial charge in [-0.1, -0.05) is 6.07 Å². The van der Waals surface area contributed by atoms with Crippen LogP contribution in [0.25, 0.3) is 0 Å². The summed E-state index contributed by atoms with van der Waals surface area (Å²) >= 11 is 0. The van der Waals surface area contributed by atoms with Crippen LogP contribution >= 0.6 is 0 Å². The van der Waals surface area contributed by atoms with Crippen molar-refractivity contribution in [2.45, 2.75) is 6.54 Å². The van der Waals surface area contributed by atoms with Crippen molar-refractivity contribution in [2.24, 2.45) is 0 Å². The molecule has 1 aliphatic heterocycles. The molecule has 0 radical (unpaired) electrons. The highest BCUT2D eigenvalue weighted by atomic mass is 16.2. The predicted octanol–water partition coefficient (Wildman–Crippen LogP) is 0.0105. The van der Waals surface area contributed by atoms with E-state index in [9.17, 15) is 4.79 Å². The van der Waals surface area contributed by atoms with Crippen molar-refractivity contribution < 1.29 is 4.79 Å². The van der Waals surface area contributed by atoms with Gasteiger partial charge in [0.05, 0.1) is 0 Å². The maximum Gasteiger partial charge on any atom is 0.266 e. The Bertz CT molecular complexity index is 514. The Kier molecular flexibility index (Phi) is 5.09. The average Bonchev–Trinajstić information content (AvgIpc) is 2.53. The van der Waals surface area contributed by atoms with Crippen molar-refractivity contribution in [3.63, 3.8) is 0 Å². The van der Waals surface area contributed by atoms with E-state index in [-0.39, 0.29) is 11.5 Å². The van der Waals surface area contributed by atoms with E-state index in [1.54, 1.807) is 17.3 Å². The zero-order valence-electron chi connectivity index (χ0n) is 11.2.